The number of ether oxygens (including phenoxy) is 1. The predicted octanol–water partition coefficient (Wildman–Crippen LogP) is 2.56. The maximum atomic E-state index is 12.3. The van der Waals surface area contributed by atoms with Gasteiger partial charge in [-0.05, 0) is 26.2 Å². The highest BCUT2D eigenvalue weighted by Crippen LogP contribution is 2.64. The van der Waals surface area contributed by atoms with Gasteiger partial charge in [-0.1, -0.05) is 19.3 Å². The van der Waals surface area contributed by atoms with Gasteiger partial charge in [-0.2, -0.15) is 0 Å². The van der Waals surface area contributed by atoms with Crippen LogP contribution >= 0.6 is 23.2 Å². The van der Waals surface area contributed by atoms with Crippen molar-refractivity contribution < 1.29 is 14.3 Å². The molecule has 108 valence electrons. The second kappa shape index (κ2) is 4.81. The standard InChI is InChI=1S/C13H19Cl2NO3/c1-11(8-13(11,14)15)9(17)16-12(10(18)19-2)6-4-3-5-7-12/h3-8H2,1-2H3,(H,16,17). The number of hydrogen-bond donors (Lipinski definition) is 1. The Morgan fingerprint density at radius 3 is 2.11 bits per heavy atom. The Labute approximate surface area is 123 Å². The second-order valence-electron chi connectivity index (χ2n) is 5.80. The van der Waals surface area contributed by atoms with E-state index in [-0.39, 0.29) is 11.9 Å². The lowest BCUT2D eigenvalue weighted by atomic mass is 9.81. The average Bonchev–Trinajstić information content (AvgIpc) is 2.90. The number of nitrogens with one attached hydrogen (secondary N) is 1. The molecular formula is C13H19Cl2NO3. The topological polar surface area (TPSA) is 55.4 Å². The third kappa shape index (κ3) is 2.45. The zero-order chi connectivity index (χ0) is 14.3. The van der Waals surface area contributed by atoms with Crippen molar-refractivity contribution in [3.63, 3.8) is 0 Å². The van der Waals surface area contributed by atoms with Gasteiger partial charge in [0.05, 0.1) is 12.5 Å². The molecule has 0 heterocycles. The maximum absolute atomic E-state index is 12.3. The van der Waals surface area contributed by atoms with E-state index in [1.54, 1.807) is 6.92 Å². The van der Waals surface area contributed by atoms with E-state index >= 15 is 0 Å². The lowest BCUT2D eigenvalue weighted by Gasteiger charge is -2.36. The van der Waals surface area contributed by atoms with Crippen LogP contribution in [0.5, 0.6) is 0 Å². The van der Waals surface area contributed by atoms with Crippen LogP contribution in [0.2, 0.25) is 0 Å². The van der Waals surface area contributed by atoms with Crippen LogP contribution in [0.15, 0.2) is 0 Å². The summed E-state index contributed by atoms with van der Waals surface area (Å²) in [5, 5.41) is 2.86. The van der Waals surface area contributed by atoms with Crippen LogP contribution in [0.25, 0.3) is 0 Å². The number of alkyl halides is 2. The number of rotatable bonds is 3. The minimum atomic E-state index is -1.02. The van der Waals surface area contributed by atoms with E-state index in [9.17, 15) is 9.59 Å². The molecule has 0 aliphatic heterocycles. The van der Waals surface area contributed by atoms with Gasteiger partial charge in [0.1, 0.15) is 9.87 Å². The average molecular weight is 308 g/mol. The highest BCUT2D eigenvalue weighted by molar-refractivity contribution is 6.53. The summed E-state index contributed by atoms with van der Waals surface area (Å²) in [5.74, 6) is -0.635. The van der Waals surface area contributed by atoms with Crippen molar-refractivity contribution >= 4 is 35.1 Å². The van der Waals surface area contributed by atoms with Crippen molar-refractivity contribution in [1.82, 2.24) is 5.32 Å². The van der Waals surface area contributed by atoms with Gasteiger partial charge < -0.3 is 10.1 Å². The SMILES string of the molecule is COC(=O)C1(NC(=O)C2(C)CC2(Cl)Cl)CCCCC1. The summed E-state index contributed by atoms with van der Waals surface area (Å²) in [6.07, 6.45) is 4.50. The number of carbonyl (C=O) groups is 2. The molecule has 0 aromatic carbocycles. The van der Waals surface area contributed by atoms with Gasteiger partial charge in [-0.25, -0.2) is 4.79 Å². The number of esters is 1. The molecule has 0 radical (unpaired) electrons. The van der Waals surface area contributed by atoms with Crippen LogP contribution in [0.3, 0.4) is 0 Å². The minimum absolute atomic E-state index is 0.259. The molecular weight excluding hydrogens is 289 g/mol. The smallest absolute Gasteiger partial charge is 0.331 e. The van der Waals surface area contributed by atoms with Crippen molar-refractivity contribution in [2.24, 2.45) is 5.41 Å². The first-order valence-corrected chi connectivity index (χ1v) is 7.32. The van der Waals surface area contributed by atoms with E-state index in [1.807, 2.05) is 0 Å². The third-order valence-electron chi connectivity index (χ3n) is 4.40. The van der Waals surface area contributed by atoms with E-state index < -0.39 is 15.3 Å². The Balaban J connectivity index is 2.13. The first kappa shape index (κ1) is 14.9. The molecule has 1 N–H and O–H groups in total. The quantitative estimate of drug-likeness (QED) is 0.644. The Morgan fingerprint density at radius 1 is 1.16 bits per heavy atom. The number of methoxy groups -OCH3 is 1. The van der Waals surface area contributed by atoms with E-state index in [0.29, 0.717) is 19.3 Å². The third-order valence-corrected chi connectivity index (χ3v) is 5.50. The van der Waals surface area contributed by atoms with E-state index in [1.165, 1.54) is 7.11 Å². The van der Waals surface area contributed by atoms with Crippen LogP contribution in [-0.4, -0.2) is 28.9 Å². The molecule has 0 aromatic rings. The van der Waals surface area contributed by atoms with Crippen LogP contribution in [0.1, 0.15) is 45.4 Å². The lowest BCUT2D eigenvalue weighted by molar-refractivity contribution is -0.153. The summed E-state index contributed by atoms with van der Waals surface area (Å²) in [6.45, 7) is 1.72. The molecule has 6 heteroatoms. The van der Waals surface area contributed by atoms with Crippen LogP contribution in [0, 0.1) is 5.41 Å². The summed E-state index contributed by atoms with van der Waals surface area (Å²) < 4.78 is 3.83. The summed E-state index contributed by atoms with van der Waals surface area (Å²) in [5.41, 5.74) is -1.71. The summed E-state index contributed by atoms with van der Waals surface area (Å²) in [7, 11) is 1.34. The van der Waals surface area contributed by atoms with Gasteiger partial charge in [-0.3, -0.25) is 4.79 Å². The fourth-order valence-corrected chi connectivity index (χ4v) is 3.44. The van der Waals surface area contributed by atoms with Gasteiger partial charge in [0.2, 0.25) is 5.91 Å². The number of halogens is 2. The number of amides is 1. The van der Waals surface area contributed by atoms with Crippen LogP contribution in [0.4, 0.5) is 0 Å². The van der Waals surface area contributed by atoms with E-state index in [0.717, 1.165) is 19.3 Å². The molecule has 0 spiro atoms. The van der Waals surface area contributed by atoms with E-state index in [4.69, 9.17) is 27.9 Å². The molecule has 1 atom stereocenters. The summed E-state index contributed by atoms with van der Waals surface area (Å²) in [6, 6.07) is 0. The fraction of sp³-hybridized carbons (Fsp3) is 0.846. The van der Waals surface area contributed by atoms with Gasteiger partial charge >= 0.3 is 5.97 Å². The molecule has 2 rings (SSSR count). The Morgan fingerprint density at radius 2 is 1.68 bits per heavy atom. The second-order valence-corrected chi connectivity index (χ2v) is 7.29. The molecule has 0 aromatic heterocycles. The molecule has 1 unspecified atom stereocenters. The maximum Gasteiger partial charge on any atom is 0.331 e. The molecule has 0 saturated heterocycles. The molecule has 1 amide bonds. The zero-order valence-electron chi connectivity index (χ0n) is 11.2. The summed E-state index contributed by atoms with van der Waals surface area (Å²) in [4.78, 5) is 24.4. The van der Waals surface area contributed by atoms with Gasteiger partial charge in [-0.15, -0.1) is 23.2 Å². The molecule has 19 heavy (non-hydrogen) atoms. The fourth-order valence-electron chi connectivity index (χ4n) is 2.73. The van der Waals surface area contributed by atoms with Gasteiger partial charge in [0.15, 0.2) is 0 Å². The molecule has 0 bridgehead atoms. The molecule has 2 fully saturated rings. The summed E-state index contributed by atoms with van der Waals surface area (Å²) >= 11 is 12.0. The molecule has 2 aliphatic carbocycles. The monoisotopic (exact) mass is 307 g/mol. The minimum Gasteiger partial charge on any atom is -0.467 e. The number of hydrogen-bond acceptors (Lipinski definition) is 3. The van der Waals surface area contributed by atoms with Crippen molar-refractivity contribution in [2.75, 3.05) is 7.11 Å². The van der Waals surface area contributed by atoms with Gasteiger partial charge in [0.25, 0.3) is 0 Å². The van der Waals surface area contributed by atoms with Crippen LogP contribution < -0.4 is 5.32 Å². The van der Waals surface area contributed by atoms with Crippen LogP contribution in [-0.2, 0) is 14.3 Å². The Bertz CT molecular complexity index is 405. The first-order chi connectivity index (χ1) is 8.77. The highest BCUT2D eigenvalue weighted by atomic mass is 35.5. The Hall–Kier alpha value is -0.480. The lowest BCUT2D eigenvalue weighted by Crippen LogP contribution is -2.58. The van der Waals surface area contributed by atoms with E-state index in [2.05, 4.69) is 5.32 Å². The highest BCUT2D eigenvalue weighted by Gasteiger charge is 2.68. The van der Waals surface area contributed by atoms with Crippen molar-refractivity contribution in [2.45, 2.75) is 55.3 Å². The van der Waals surface area contributed by atoms with Crippen molar-refractivity contribution in [3.05, 3.63) is 0 Å². The largest absolute Gasteiger partial charge is 0.467 e. The van der Waals surface area contributed by atoms with Gasteiger partial charge in [0, 0.05) is 0 Å². The molecule has 4 nitrogen and oxygen atoms in total. The predicted molar refractivity (Wildman–Crippen MR) is 73.1 cm³/mol. The molecule has 2 saturated carbocycles. The first-order valence-electron chi connectivity index (χ1n) is 6.56. The normalized spacial score (nSPS) is 31.4. The van der Waals surface area contributed by atoms with Crippen molar-refractivity contribution in [1.29, 1.82) is 0 Å². The zero-order valence-corrected chi connectivity index (χ0v) is 12.7. The van der Waals surface area contributed by atoms with Crippen molar-refractivity contribution in [3.8, 4) is 0 Å². The number of carbonyl (C=O) groups excluding carboxylic acids is 2. The molecule has 2 aliphatic rings. The Kier molecular flexibility index (Phi) is 3.78.